The number of carbonyl (C=O) groups is 1. The Kier molecular flexibility index (Phi) is 3.68. The number of hydrogen-bond donors (Lipinski definition) is 2. The second-order valence-corrected chi connectivity index (χ2v) is 4.32. The zero-order chi connectivity index (χ0) is 12.3. The summed E-state index contributed by atoms with van der Waals surface area (Å²) < 4.78 is 12.9. The van der Waals surface area contributed by atoms with Gasteiger partial charge in [-0.1, -0.05) is 0 Å². The van der Waals surface area contributed by atoms with Crippen molar-refractivity contribution in [2.24, 2.45) is 5.92 Å². The summed E-state index contributed by atoms with van der Waals surface area (Å²) in [6, 6.07) is 1.14. The molecule has 1 unspecified atom stereocenters. The van der Waals surface area contributed by atoms with E-state index in [0.717, 1.165) is 25.1 Å². The number of nitrogens with zero attached hydrogens (tertiary/aromatic N) is 1. The number of pyridine rings is 1. The van der Waals surface area contributed by atoms with Crippen molar-refractivity contribution >= 4 is 5.91 Å². The second kappa shape index (κ2) is 5.23. The highest BCUT2D eigenvalue weighted by Crippen LogP contribution is 2.34. The van der Waals surface area contributed by atoms with E-state index in [1.54, 1.807) is 0 Å². The molecule has 0 bridgehead atoms. The largest absolute Gasteiger partial charge is 0.396 e. The molecular formula is C12H15FN2O2. The Hall–Kier alpha value is -1.49. The first-order valence-electron chi connectivity index (χ1n) is 5.73. The lowest BCUT2D eigenvalue weighted by atomic mass is 10.1. The second-order valence-electron chi connectivity index (χ2n) is 4.32. The van der Waals surface area contributed by atoms with Crippen molar-refractivity contribution in [3.05, 3.63) is 29.8 Å². The third-order valence-electron chi connectivity index (χ3n) is 2.91. The number of rotatable bonds is 5. The summed E-state index contributed by atoms with van der Waals surface area (Å²) in [6.45, 7) is 0.0445. The van der Waals surface area contributed by atoms with Crippen molar-refractivity contribution in [3.8, 4) is 0 Å². The molecule has 2 N–H and O–H groups in total. The molecule has 4 nitrogen and oxygen atoms in total. The fraction of sp³-hybridized carbons (Fsp3) is 0.500. The van der Waals surface area contributed by atoms with Gasteiger partial charge in [0.25, 0.3) is 5.91 Å². The molecular weight excluding hydrogens is 223 g/mol. The smallest absolute Gasteiger partial charge is 0.253 e. The summed E-state index contributed by atoms with van der Waals surface area (Å²) in [5.74, 6) is -0.405. The van der Waals surface area contributed by atoms with Crippen LogP contribution < -0.4 is 5.32 Å². The molecule has 1 fully saturated rings. The number of hydrogen-bond acceptors (Lipinski definition) is 3. The molecule has 1 heterocycles. The summed E-state index contributed by atoms with van der Waals surface area (Å²) in [6.07, 6.45) is 5.09. The number of aliphatic hydroxyl groups is 1. The minimum atomic E-state index is -0.525. The van der Waals surface area contributed by atoms with E-state index in [4.69, 9.17) is 5.11 Å². The molecule has 1 atom stereocenters. The molecule has 0 aliphatic heterocycles. The van der Waals surface area contributed by atoms with E-state index in [0.29, 0.717) is 12.3 Å². The van der Waals surface area contributed by atoms with Crippen molar-refractivity contribution in [1.29, 1.82) is 0 Å². The molecule has 0 saturated heterocycles. The maximum atomic E-state index is 12.9. The molecule has 1 aromatic heterocycles. The van der Waals surface area contributed by atoms with Crippen molar-refractivity contribution in [1.82, 2.24) is 10.3 Å². The van der Waals surface area contributed by atoms with Crippen LogP contribution in [0.2, 0.25) is 0 Å². The first-order valence-corrected chi connectivity index (χ1v) is 5.73. The molecule has 1 saturated carbocycles. The van der Waals surface area contributed by atoms with E-state index in [9.17, 15) is 9.18 Å². The Morgan fingerprint density at radius 3 is 2.94 bits per heavy atom. The van der Waals surface area contributed by atoms with Gasteiger partial charge in [0, 0.05) is 18.8 Å². The fourth-order valence-corrected chi connectivity index (χ4v) is 1.85. The number of halogens is 1. The lowest BCUT2D eigenvalue weighted by Gasteiger charge is -2.16. The monoisotopic (exact) mass is 238 g/mol. The highest BCUT2D eigenvalue weighted by atomic mass is 19.1. The van der Waals surface area contributed by atoms with Gasteiger partial charge in [0.15, 0.2) is 0 Å². The lowest BCUT2D eigenvalue weighted by molar-refractivity contribution is 0.0923. The predicted molar refractivity (Wildman–Crippen MR) is 59.9 cm³/mol. The first kappa shape index (κ1) is 12.0. The SMILES string of the molecule is O=C(NC(CCO)C1CC1)c1cncc(F)c1. The van der Waals surface area contributed by atoms with Gasteiger partial charge in [0.1, 0.15) is 5.82 Å². The van der Waals surface area contributed by atoms with Crippen LogP contribution in [0.4, 0.5) is 4.39 Å². The Bertz CT molecular complexity index is 407. The summed E-state index contributed by atoms with van der Waals surface area (Å²) in [4.78, 5) is 15.4. The first-order chi connectivity index (χ1) is 8.20. The van der Waals surface area contributed by atoms with Crippen LogP contribution >= 0.6 is 0 Å². The lowest BCUT2D eigenvalue weighted by Crippen LogP contribution is -2.37. The predicted octanol–water partition coefficient (Wildman–Crippen LogP) is 1.11. The molecule has 2 rings (SSSR count). The van der Waals surface area contributed by atoms with Crippen LogP contribution in [0.1, 0.15) is 29.6 Å². The van der Waals surface area contributed by atoms with Crippen molar-refractivity contribution in [2.45, 2.75) is 25.3 Å². The van der Waals surface area contributed by atoms with E-state index in [2.05, 4.69) is 10.3 Å². The Morgan fingerprint density at radius 1 is 1.59 bits per heavy atom. The number of nitrogens with one attached hydrogen (secondary N) is 1. The third kappa shape index (κ3) is 3.23. The molecule has 1 amide bonds. The maximum Gasteiger partial charge on any atom is 0.253 e. The van der Waals surface area contributed by atoms with Crippen molar-refractivity contribution < 1.29 is 14.3 Å². The zero-order valence-electron chi connectivity index (χ0n) is 9.40. The molecule has 0 aromatic carbocycles. The molecule has 92 valence electrons. The van der Waals surface area contributed by atoms with Crippen LogP contribution in [0.25, 0.3) is 0 Å². The summed E-state index contributed by atoms with van der Waals surface area (Å²) in [5, 5.41) is 11.7. The fourth-order valence-electron chi connectivity index (χ4n) is 1.85. The summed E-state index contributed by atoms with van der Waals surface area (Å²) >= 11 is 0. The van der Waals surface area contributed by atoms with Crippen LogP contribution in [-0.2, 0) is 0 Å². The zero-order valence-corrected chi connectivity index (χ0v) is 9.40. The molecule has 1 aliphatic carbocycles. The average molecular weight is 238 g/mol. The normalized spacial score (nSPS) is 16.6. The average Bonchev–Trinajstić information content (AvgIpc) is 3.12. The molecule has 1 aromatic rings. The van der Waals surface area contributed by atoms with Crippen LogP contribution in [0.5, 0.6) is 0 Å². The summed E-state index contributed by atoms with van der Waals surface area (Å²) in [5.41, 5.74) is 0.216. The molecule has 17 heavy (non-hydrogen) atoms. The minimum Gasteiger partial charge on any atom is -0.396 e. The molecule has 5 heteroatoms. The summed E-state index contributed by atoms with van der Waals surface area (Å²) in [7, 11) is 0. The van der Waals surface area contributed by atoms with Crippen LogP contribution in [0.15, 0.2) is 18.5 Å². The van der Waals surface area contributed by atoms with Crippen LogP contribution in [0.3, 0.4) is 0 Å². The van der Waals surface area contributed by atoms with Gasteiger partial charge in [-0.2, -0.15) is 0 Å². The van der Waals surface area contributed by atoms with E-state index in [1.165, 1.54) is 6.20 Å². The highest BCUT2D eigenvalue weighted by Gasteiger charge is 2.31. The number of amides is 1. The Morgan fingerprint density at radius 2 is 2.35 bits per heavy atom. The molecule has 0 spiro atoms. The highest BCUT2D eigenvalue weighted by molar-refractivity contribution is 5.94. The Labute approximate surface area is 98.9 Å². The van der Waals surface area contributed by atoms with Gasteiger partial charge < -0.3 is 10.4 Å². The third-order valence-corrected chi connectivity index (χ3v) is 2.91. The van der Waals surface area contributed by atoms with Gasteiger partial charge in [0.2, 0.25) is 0 Å². The number of aliphatic hydroxyl groups excluding tert-OH is 1. The van der Waals surface area contributed by atoms with Gasteiger partial charge >= 0.3 is 0 Å². The number of aromatic nitrogens is 1. The van der Waals surface area contributed by atoms with Gasteiger partial charge in [-0.3, -0.25) is 9.78 Å². The standard InChI is InChI=1S/C12H15FN2O2/c13-10-5-9(6-14-7-10)12(17)15-11(3-4-16)8-1-2-8/h5-8,11,16H,1-4H2,(H,15,17). The molecule has 0 radical (unpaired) electrons. The van der Waals surface area contributed by atoms with Gasteiger partial charge in [-0.15, -0.1) is 0 Å². The van der Waals surface area contributed by atoms with Gasteiger partial charge in [-0.25, -0.2) is 4.39 Å². The van der Waals surface area contributed by atoms with E-state index in [1.807, 2.05) is 0 Å². The quantitative estimate of drug-likeness (QED) is 0.807. The van der Waals surface area contributed by atoms with E-state index >= 15 is 0 Å². The van der Waals surface area contributed by atoms with Gasteiger partial charge in [-0.05, 0) is 31.2 Å². The van der Waals surface area contributed by atoms with Crippen LogP contribution in [-0.4, -0.2) is 28.6 Å². The van der Waals surface area contributed by atoms with Crippen molar-refractivity contribution in [3.63, 3.8) is 0 Å². The molecule has 1 aliphatic rings. The minimum absolute atomic E-state index is 0.0178. The van der Waals surface area contributed by atoms with E-state index in [-0.39, 0.29) is 24.1 Å². The van der Waals surface area contributed by atoms with E-state index < -0.39 is 5.82 Å². The van der Waals surface area contributed by atoms with Crippen LogP contribution in [0, 0.1) is 11.7 Å². The maximum absolute atomic E-state index is 12.9. The van der Waals surface area contributed by atoms with Crippen molar-refractivity contribution in [2.75, 3.05) is 6.61 Å². The topological polar surface area (TPSA) is 62.2 Å². The van der Waals surface area contributed by atoms with Gasteiger partial charge in [0.05, 0.1) is 11.8 Å². The Balaban J connectivity index is 1.99. The number of carbonyl (C=O) groups excluding carboxylic acids is 1.